The van der Waals surface area contributed by atoms with Crippen molar-refractivity contribution in [3.8, 4) is 0 Å². The molecule has 1 spiro atoms. The number of nitrogens with two attached hydrogens (primary N) is 1. The average molecular weight is 241 g/mol. The molecule has 3 heteroatoms. The first-order valence-corrected chi connectivity index (χ1v) is 7.15. The predicted octanol–water partition coefficient (Wildman–Crippen LogP) is 2.48. The first-order valence-electron chi connectivity index (χ1n) is 7.15. The fourth-order valence-electron chi connectivity index (χ4n) is 3.44. The molecule has 0 aromatic rings. The molecule has 0 bridgehead atoms. The molecule has 3 nitrogen and oxygen atoms in total. The van der Waals surface area contributed by atoms with E-state index >= 15 is 0 Å². The van der Waals surface area contributed by atoms with Gasteiger partial charge in [-0.25, -0.2) is 0 Å². The fourth-order valence-corrected chi connectivity index (χ4v) is 3.44. The third-order valence-corrected chi connectivity index (χ3v) is 5.03. The van der Waals surface area contributed by atoms with Crippen LogP contribution in [0.25, 0.3) is 0 Å². The van der Waals surface area contributed by atoms with E-state index in [0.29, 0.717) is 5.92 Å². The van der Waals surface area contributed by atoms with Gasteiger partial charge >= 0.3 is 0 Å². The lowest BCUT2D eigenvalue weighted by Crippen LogP contribution is -2.54. The van der Waals surface area contributed by atoms with Crippen LogP contribution in [0.5, 0.6) is 0 Å². The predicted molar refractivity (Wildman–Crippen MR) is 69.0 cm³/mol. The summed E-state index contributed by atoms with van der Waals surface area (Å²) in [4.78, 5) is 0. The second kappa shape index (κ2) is 5.25. The van der Waals surface area contributed by atoms with E-state index in [9.17, 15) is 0 Å². The van der Waals surface area contributed by atoms with Gasteiger partial charge in [-0.3, -0.25) is 0 Å². The van der Waals surface area contributed by atoms with Gasteiger partial charge in [0, 0.05) is 25.4 Å². The van der Waals surface area contributed by atoms with E-state index in [1.807, 2.05) is 0 Å². The van der Waals surface area contributed by atoms with Gasteiger partial charge in [-0.15, -0.1) is 0 Å². The van der Waals surface area contributed by atoms with Gasteiger partial charge in [0.15, 0.2) is 0 Å². The Morgan fingerprint density at radius 3 is 2.41 bits per heavy atom. The molecule has 1 atom stereocenters. The van der Waals surface area contributed by atoms with Crippen molar-refractivity contribution in [3.05, 3.63) is 0 Å². The van der Waals surface area contributed by atoms with E-state index in [1.54, 1.807) is 0 Å². The fraction of sp³-hybridized carbons (Fsp3) is 1.00. The van der Waals surface area contributed by atoms with Crippen molar-refractivity contribution in [2.45, 2.75) is 63.5 Å². The smallest absolute Gasteiger partial charge is 0.0729 e. The molecule has 2 aliphatic rings. The van der Waals surface area contributed by atoms with Gasteiger partial charge in [0.25, 0.3) is 0 Å². The van der Waals surface area contributed by atoms with Gasteiger partial charge in [0.05, 0.1) is 5.60 Å². The van der Waals surface area contributed by atoms with E-state index in [-0.39, 0.29) is 11.1 Å². The first kappa shape index (κ1) is 13.3. The molecule has 0 aliphatic carbocycles. The van der Waals surface area contributed by atoms with Crippen molar-refractivity contribution in [2.24, 2.45) is 11.7 Å². The Hall–Kier alpha value is -0.120. The third kappa shape index (κ3) is 2.67. The Bertz CT molecular complexity index is 239. The SMILES string of the molecule is CCC(N)(CC)C1CCOC2(CCOCC2)C1. The summed E-state index contributed by atoms with van der Waals surface area (Å²) in [6, 6.07) is 0. The molecule has 0 amide bonds. The van der Waals surface area contributed by atoms with Crippen LogP contribution in [-0.2, 0) is 9.47 Å². The standard InChI is InChI=1S/C14H27NO2/c1-3-14(15,4-2)12-5-8-17-13(11-12)6-9-16-10-7-13/h12H,3-11,15H2,1-2H3. The van der Waals surface area contributed by atoms with Gasteiger partial charge < -0.3 is 15.2 Å². The molecular formula is C14H27NO2. The molecule has 2 saturated heterocycles. The van der Waals surface area contributed by atoms with E-state index < -0.39 is 0 Å². The lowest BCUT2D eigenvalue weighted by molar-refractivity contribution is -0.155. The number of hydrogen-bond acceptors (Lipinski definition) is 3. The van der Waals surface area contributed by atoms with E-state index in [0.717, 1.165) is 58.3 Å². The molecule has 2 rings (SSSR count). The summed E-state index contributed by atoms with van der Waals surface area (Å²) in [7, 11) is 0. The van der Waals surface area contributed by atoms with Crippen LogP contribution in [-0.4, -0.2) is 31.0 Å². The minimum absolute atomic E-state index is 0.00901. The molecule has 0 saturated carbocycles. The Morgan fingerprint density at radius 2 is 1.82 bits per heavy atom. The topological polar surface area (TPSA) is 44.5 Å². The highest BCUT2D eigenvalue weighted by Gasteiger charge is 2.44. The van der Waals surface area contributed by atoms with Crippen LogP contribution in [0.2, 0.25) is 0 Å². The highest BCUT2D eigenvalue weighted by Crippen LogP contribution is 2.42. The minimum atomic E-state index is 0.00901. The molecule has 2 fully saturated rings. The molecule has 0 aromatic heterocycles. The van der Waals surface area contributed by atoms with Crippen molar-refractivity contribution in [2.75, 3.05) is 19.8 Å². The Morgan fingerprint density at radius 1 is 1.18 bits per heavy atom. The second-order valence-corrected chi connectivity index (χ2v) is 5.77. The van der Waals surface area contributed by atoms with Crippen LogP contribution in [0.3, 0.4) is 0 Å². The van der Waals surface area contributed by atoms with Crippen molar-refractivity contribution < 1.29 is 9.47 Å². The molecule has 1 unspecified atom stereocenters. The molecule has 0 aromatic carbocycles. The summed E-state index contributed by atoms with van der Waals surface area (Å²) in [5.41, 5.74) is 6.66. The zero-order valence-corrected chi connectivity index (χ0v) is 11.3. The van der Waals surface area contributed by atoms with Crippen LogP contribution in [0.4, 0.5) is 0 Å². The maximum absolute atomic E-state index is 6.57. The highest BCUT2D eigenvalue weighted by molar-refractivity contribution is 4.97. The van der Waals surface area contributed by atoms with E-state index in [1.165, 1.54) is 0 Å². The normalized spacial score (nSPS) is 29.5. The second-order valence-electron chi connectivity index (χ2n) is 5.77. The van der Waals surface area contributed by atoms with Gasteiger partial charge in [0.2, 0.25) is 0 Å². The first-order chi connectivity index (χ1) is 8.14. The van der Waals surface area contributed by atoms with Gasteiger partial charge in [-0.05, 0) is 44.4 Å². The molecule has 2 N–H and O–H groups in total. The van der Waals surface area contributed by atoms with Crippen LogP contribution in [0, 0.1) is 5.92 Å². The average Bonchev–Trinajstić information content (AvgIpc) is 2.39. The van der Waals surface area contributed by atoms with Crippen molar-refractivity contribution in [1.82, 2.24) is 0 Å². The lowest BCUT2D eigenvalue weighted by atomic mass is 9.70. The van der Waals surface area contributed by atoms with Gasteiger partial charge in [0.1, 0.15) is 0 Å². The largest absolute Gasteiger partial charge is 0.381 e. The zero-order chi connectivity index (χ0) is 12.4. The highest BCUT2D eigenvalue weighted by atomic mass is 16.5. The van der Waals surface area contributed by atoms with Crippen LogP contribution >= 0.6 is 0 Å². The van der Waals surface area contributed by atoms with Crippen LogP contribution < -0.4 is 5.73 Å². The van der Waals surface area contributed by atoms with Crippen molar-refractivity contribution >= 4 is 0 Å². The minimum Gasteiger partial charge on any atom is -0.381 e. The summed E-state index contributed by atoms with van der Waals surface area (Å²) in [6.45, 7) is 7.01. The maximum atomic E-state index is 6.57. The molecule has 100 valence electrons. The zero-order valence-electron chi connectivity index (χ0n) is 11.3. The molecule has 2 heterocycles. The lowest BCUT2D eigenvalue weighted by Gasteiger charge is -2.48. The van der Waals surface area contributed by atoms with Crippen molar-refractivity contribution in [1.29, 1.82) is 0 Å². The maximum Gasteiger partial charge on any atom is 0.0729 e. The molecule has 17 heavy (non-hydrogen) atoms. The van der Waals surface area contributed by atoms with Crippen LogP contribution in [0.15, 0.2) is 0 Å². The van der Waals surface area contributed by atoms with Crippen LogP contribution in [0.1, 0.15) is 52.4 Å². The summed E-state index contributed by atoms with van der Waals surface area (Å²) in [5, 5.41) is 0. The quantitative estimate of drug-likeness (QED) is 0.825. The van der Waals surface area contributed by atoms with Gasteiger partial charge in [-0.1, -0.05) is 13.8 Å². The summed E-state index contributed by atoms with van der Waals surface area (Å²) >= 11 is 0. The third-order valence-electron chi connectivity index (χ3n) is 5.03. The number of hydrogen-bond donors (Lipinski definition) is 1. The number of ether oxygens (including phenoxy) is 2. The molecule has 2 aliphatic heterocycles. The Labute approximate surface area is 105 Å². The summed E-state index contributed by atoms with van der Waals surface area (Å²) in [5.74, 6) is 0.615. The summed E-state index contributed by atoms with van der Waals surface area (Å²) < 4.78 is 11.5. The van der Waals surface area contributed by atoms with E-state index in [2.05, 4.69) is 13.8 Å². The molecular weight excluding hydrogens is 214 g/mol. The Balaban J connectivity index is 2.05. The summed E-state index contributed by atoms with van der Waals surface area (Å²) in [6.07, 6.45) is 6.50. The van der Waals surface area contributed by atoms with Crippen molar-refractivity contribution in [3.63, 3.8) is 0 Å². The van der Waals surface area contributed by atoms with E-state index in [4.69, 9.17) is 15.2 Å². The number of rotatable bonds is 3. The molecule has 0 radical (unpaired) electrons. The monoisotopic (exact) mass is 241 g/mol. The Kier molecular flexibility index (Phi) is 4.11. The van der Waals surface area contributed by atoms with Gasteiger partial charge in [-0.2, -0.15) is 0 Å².